The zero-order valence-electron chi connectivity index (χ0n) is 11.8. The Morgan fingerprint density at radius 2 is 1.95 bits per heavy atom. The van der Waals surface area contributed by atoms with Gasteiger partial charge in [0.25, 0.3) is 5.91 Å². The van der Waals surface area contributed by atoms with Crippen LogP contribution in [0.1, 0.15) is 16.2 Å². The van der Waals surface area contributed by atoms with E-state index in [4.69, 9.17) is 0 Å². The molecule has 22 heavy (non-hydrogen) atoms. The maximum absolute atomic E-state index is 12.2. The van der Waals surface area contributed by atoms with E-state index in [1.807, 2.05) is 30.3 Å². The molecule has 0 aliphatic rings. The number of aromatic hydroxyl groups is 1. The van der Waals surface area contributed by atoms with Crippen LogP contribution in [-0.4, -0.2) is 21.0 Å². The second-order valence-corrected chi connectivity index (χ2v) is 4.85. The number of H-pyrrole nitrogens is 1. The molecule has 3 aromatic rings. The van der Waals surface area contributed by atoms with Gasteiger partial charge < -0.3 is 15.4 Å². The molecule has 5 heteroatoms. The van der Waals surface area contributed by atoms with Gasteiger partial charge in [0.15, 0.2) is 0 Å². The molecule has 1 amide bonds. The SMILES string of the molecule is O=C(NCc1ncc[nH]1)c1cccc(-c2ccc(O)cc2)c1. The van der Waals surface area contributed by atoms with Crippen molar-refractivity contribution in [2.75, 3.05) is 0 Å². The van der Waals surface area contributed by atoms with Crippen LogP contribution in [0.3, 0.4) is 0 Å². The highest BCUT2D eigenvalue weighted by atomic mass is 16.3. The smallest absolute Gasteiger partial charge is 0.251 e. The molecule has 0 unspecified atom stereocenters. The summed E-state index contributed by atoms with van der Waals surface area (Å²) < 4.78 is 0. The standard InChI is InChI=1S/C17H15N3O2/c21-15-6-4-12(5-7-15)13-2-1-3-14(10-13)17(22)20-11-16-18-8-9-19-16/h1-10,21H,11H2,(H,18,19)(H,20,22). The van der Waals surface area contributed by atoms with Crippen molar-refractivity contribution in [2.24, 2.45) is 0 Å². The van der Waals surface area contributed by atoms with Crippen molar-refractivity contribution < 1.29 is 9.90 Å². The molecule has 110 valence electrons. The number of phenols is 1. The van der Waals surface area contributed by atoms with Gasteiger partial charge in [-0.15, -0.1) is 0 Å². The van der Waals surface area contributed by atoms with E-state index < -0.39 is 0 Å². The lowest BCUT2D eigenvalue weighted by Crippen LogP contribution is -2.23. The predicted octanol–water partition coefficient (Wildman–Crippen LogP) is 2.71. The van der Waals surface area contributed by atoms with Crippen molar-refractivity contribution in [2.45, 2.75) is 6.54 Å². The average Bonchev–Trinajstić information content (AvgIpc) is 3.07. The van der Waals surface area contributed by atoms with Gasteiger partial charge in [-0.05, 0) is 35.4 Å². The maximum atomic E-state index is 12.2. The van der Waals surface area contributed by atoms with Crippen LogP contribution in [-0.2, 0) is 6.54 Å². The number of amides is 1. The third kappa shape index (κ3) is 3.15. The highest BCUT2D eigenvalue weighted by Gasteiger charge is 2.07. The van der Waals surface area contributed by atoms with Crippen molar-refractivity contribution >= 4 is 5.91 Å². The van der Waals surface area contributed by atoms with Crippen LogP contribution in [0.4, 0.5) is 0 Å². The maximum Gasteiger partial charge on any atom is 0.251 e. The lowest BCUT2D eigenvalue weighted by Gasteiger charge is -2.06. The Morgan fingerprint density at radius 1 is 1.14 bits per heavy atom. The Morgan fingerprint density at radius 3 is 2.68 bits per heavy atom. The number of aromatic amines is 1. The monoisotopic (exact) mass is 293 g/mol. The number of aromatic nitrogens is 2. The van der Waals surface area contributed by atoms with Crippen LogP contribution >= 0.6 is 0 Å². The number of imidazole rings is 1. The highest BCUT2D eigenvalue weighted by Crippen LogP contribution is 2.22. The molecular formula is C17H15N3O2. The lowest BCUT2D eigenvalue weighted by molar-refractivity contribution is 0.0950. The summed E-state index contributed by atoms with van der Waals surface area (Å²) in [4.78, 5) is 19.2. The van der Waals surface area contributed by atoms with Gasteiger partial charge in [0, 0.05) is 18.0 Å². The number of carbonyl (C=O) groups is 1. The molecule has 5 nitrogen and oxygen atoms in total. The molecule has 0 spiro atoms. The fourth-order valence-corrected chi connectivity index (χ4v) is 2.15. The number of nitrogens with one attached hydrogen (secondary N) is 2. The Balaban J connectivity index is 1.75. The molecule has 1 aromatic heterocycles. The normalized spacial score (nSPS) is 10.4. The molecule has 0 aliphatic heterocycles. The van der Waals surface area contributed by atoms with E-state index in [1.165, 1.54) is 0 Å². The summed E-state index contributed by atoms with van der Waals surface area (Å²) in [5.74, 6) is 0.774. The highest BCUT2D eigenvalue weighted by molar-refractivity contribution is 5.95. The molecule has 0 atom stereocenters. The summed E-state index contributed by atoms with van der Waals surface area (Å²) in [7, 11) is 0. The first kappa shape index (κ1) is 13.9. The molecule has 0 saturated heterocycles. The van der Waals surface area contributed by atoms with Crippen molar-refractivity contribution in [3.8, 4) is 16.9 Å². The van der Waals surface area contributed by atoms with Gasteiger partial charge >= 0.3 is 0 Å². The minimum atomic E-state index is -0.156. The van der Waals surface area contributed by atoms with E-state index in [1.54, 1.807) is 30.6 Å². The van der Waals surface area contributed by atoms with E-state index in [0.29, 0.717) is 17.9 Å². The summed E-state index contributed by atoms with van der Waals surface area (Å²) >= 11 is 0. The fraction of sp³-hybridized carbons (Fsp3) is 0.0588. The van der Waals surface area contributed by atoms with Crippen molar-refractivity contribution in [3.05, 3.63) is 72.3 Å². The number of carbonyl (C=O) groups excluding carboxylic acids is 1. The number of nitrogens with zero attached hydrogens (tertiary/aromatic N) is 1. The summed E-state index contributed by atoms with van der Waals surface area (Å²) in [5.41, 5.74) is 2.45. The van der Waals surface area contributed by atoms with E-state index in [9.17, 15) is 9.90 Å². The first-order valence-electron chi connectivity index (χ1n) is 6.88. The second kappa shape index (κ2) is 6.13. The van der Waals surface area contributed by atoms with Gasteiger partial charge in [-0.2, -0.15) is 0 Å². The van der Waals surface area contributed by atoms with Crippen LogP contribution in [0.25, 0.3) is 11.1 Å². The fourth-order valence-electron chi connectivity index (χ4n) is 2.15. The van der Waals surface area contributed by atoms with Gasteiger partial charge in [0.1, 0.15) is 11.6 Å². The van der Waals surface area contributed by atoms with Gasteiger partial charge in [0.2, 0.25) is 0 Å². The third-order valence-electron chi connectivity index (χ3n) is 3.30. The van der Waals surface area contributed by atoms with E-state index in [2.05, 4.69) is 15.3 Å². The van der Waals surface area contributed by atoms with E-state index in [0.717, 1.165) is 11.1 Å². The van der Waals surface area contributed by atoms with Gasteiger partial charge in [-0.25, -0.2) is 4.98 Å². The molecule has 1 heterocycles. The first-order chi connectivity index (χ1) is 10.7. The largest absolute Gasteiger partial charge is 0.508 e. The molecule has 0 aliphatic carbocycles. The van der Waals surface area contributed by atoms with Crippen LogP contribution in [0, 0.1) is 0 Å². The van der Waals surface area contributed by atoms with Crippen LogP contribution in [0.15, 0.2) is 60.9 Å². The Kier molecular flexibility index (Phi) is 3.87. The first-order valence-corrected chi connectivity index (χ1v) is 6.88. The molecule has 2 aromatic carbocycles. The number of hydrogen-bond donors (Lipinski definition) is 3. The Bertz CT molecular complexity index is 765. The van der Waals surface area contributed by atoms with Gasteiger partial charge in [-0.3, -0.25) is 4.79 Å². The number of phenolic OH excluding ortho intramolecular Hbond substituents is 1. The number of hydrogen-bond acceptors (Lipinski definition) is 3. The Hall–Kier alpha value is -3.08. The number of rotatable bonds is 4. The summed E-state index contributed by atoms with van der Waals surface area (Å²) in [6.45, 7) is 0.356. The van der Waals surface area contributed by atoms with Crippen LogP contribution < -0.4 is 5.32 Å². The van der Waals surface area contributed by atoms with Crippen molar-refractivity contribution in [3.63, 3.8) is 0 Å². The zero-order chi connectivity index (χ0) is 15.4. The number of benzene rings is 2. The summed E-state index contributed by atoms with van der Waals surface area (Å²) in [6, 6.07) is 14.2. The molecular weight excluding hydrogens is 278 g/mol. The van der Waals surface area contributed by atoms with E-state index in [-0.39, 0.29) is 11.7 Å². The summed E-state index contributed by atoms with van der Waals surface area (Å²) in [5, 5.41) is 12.2. The van der Waals surface area contributed by atoms with E-state index >= 15 is 0 Å². The Labute approximate surface area is 127 Å². The van der Waals surface area contributed by atoms with Crippen molar-refractivity contribution in [1.82, 2.24) is 15.3 Å². The molecule has 3 rings (SSSR count). The molecule has 0 fully saturated rings. The third-order valence-corrected chi connectivity index (χ3v) is 3.30. The minimum absolute atomic E-state index is 0.156. The topological polar surface area (TPSA) is 78.0 Å². The van der Waals surface area contributed by atoms with Crippen molar-refractivity contribution in [1.29, 1.82) is 0 Å². The zero-order valence-corrected chi connectivity index (χ0v) is 11.8. The van der Waals surface area contributed by atoms with Crippen LogP contribution in [0.5, 0.6) is 5.75 Å². The second-order valence-electron chi connectivity index (χ2n) is 4.85. The molecule has 0 radical (unpaired) electrons. The van der Waals surface area contributed by atoms with Gasteiger partial charge in [0.05, 0.1) is 6.54 Å². The lowest BCUT2D eigenvalue weighted by atomic mass is 10.0. The molecule has 0 bridgehead atoms. The predicted molar refractivity (Wildman–Crippen MR) is 83.3 cm³/mol. The summed E-state index contributed by atoms with van der Waals surface area (Å²) in [6.07, 6.45) is 3.36. The van der Waals surface area contributed by atoms with Gasteiger partial charge in [-0.1, -0.05) is 24.3 Å². The molecule has 3 N–H and O–H groups in total. The minimum Gasteiger partial charge on any atom is -0.508 e. The average molecular weight is 293 g/mol. The quantitative estimate of drug-likeness (QED) is 0.692. The molecule has 0 saturated carbocycles. The van der Waals surface area contributed by atoms with Crippen LogP contribution in [0.2, 0.25) is 0 Å².